The maximum Gasteiger partial charge on any atom is 0.526 e. The summed E-state index contributed by atoms with van der Waals surface area (Å²) in [6.45, 7) is 6.11. The molecule has 3 rings (SSSR count). The quantitative estimate of drug-likeness (QED) is 0.600. The van der Waals surface area contributed by atoms with Gasteiger partial charge >= 0.3 is 13.1 Å². The zero-order valence-electron chi connectivity index (χ0n) is 17.2. The third-order valence-electron chi connectivity index (χ3n) is 5.67. The lowest BCUT2D eigenvalue weighted by molar-refractivity contribution is -0.120. The lowest BCUT2D eigenvalue weighted by Crippen LogP contribution is -2.49. The molecule has 1 atom stereocenters. The summed E-state index contributed by atoms with van der Waals surface area (Å²) in [5.41, 5.74) is 0.765. The molecule has 2 heterocycles. The van der Waals surface area contributed by atoms with Crippen LogP contribution in [-0.2, 0) is 11.2 Å². The van der Waals surface area contributed by atoms with Gasteiger partial charge in [-0.2, -0.15) is 0 Å². The first-order valence-electron chi connectivity index (χ1n) is 10.1. The molecule has 0 radical (unpaired) electrons. The molecular weight excluding hydrogens is 373 g/mol. The molecule has 1 saturated heterocycles. The van der Waals surface area contributed by atoms with Crippen molar-refractivity contribution in [3.05, 3.63) is 29.3 Å². The molecule has 1 aromatic rings. The van der Waals surface area contributed by atoms with Crippen molar-refractivity contribution in [1.29, 1.82) is 0 Å². The average molecular weight is 403 g/mol. The molecular formula is C20H30BN3O5. The fourth-order valence-electron chi connectivity index (χ4n) is 3.95. The smallest absolute Gasteiger partial charge is 0.526 e. The lowest BCUT2D eigenvalue weighted by atomic mass is 9.64. The summed E-state index contributed by atoms with van der Waals surface area (Å²) in [6, 6.07) is 4.91. The SMILES string of the molecule is CN(C)CCN1CCN(CC(=O)C[C@H]2Cc3cccc(C(=O)O)c3OB2O)CC1. The number of hydrogen-bond donors (Lipinski definition) is 2. The number of piperazine rings is 1. The Morgan fingerprint density at radius 1 is 1.21 bits per heavy atom. The van der Waals surface area contributed by atoms with Crippen LogP contribution in [0.15, 0.2) is 18.2 Å². The van der Waals surface area contributed by atoms with Gasteiger partial charge in [0.25, 0.3) is 0 Å². The first-order chi connectivity index (χ1) is 13.8. The summed E-state index contributed by atoms with van der Waals surface area (Å²) in [6.07, 6.45) is 0.653. The van der Waals surface area contributed by atoms with E-state index in [9.17, 15) is 19.7 Å². The number of rotatable bonds is 8. The van der Waals surface area contributed by atoms with E-state index in [-0.39, 0.29) is 29.3 Å². The van der Waals surface area contributed by atoms with E-state index in [1.165, 1.54) is 6.07 Å². The molecule has 0 saturated carbocycles. The number of ketones is 1. The van der Waals surface area contributed by atoms with E-state index in [0.717, 1.165) is 44.8 Å². The van der Waals surface area contributed by atoms with E-state index in [1.54, 1.807) is 12.1 Å². The number of aromatic carboxylic acids is 1. The van der Waals surface area contributed by atoms with Gasteiger partial charge in [0.05, 0.1) is 12.1 Å². The predicted molar refractivity (Wildman–Crippen MR) is 111 cm³/mol. The highest BCUT2D eigenvalue weighted by Crippen LogP contribution is 2.36. The molecule has 2 N–H and O–H groups in total. The Labute approximate surface area is 172 Å². The number of carboxylic acid groups (broad SMARTS) is 1. The van der Waals surface area contributed by atoms with Gasteiger partial charge in [-0.25, -0.2) is 4.79 Å². The molecule has 0 amide bonds. The fourth-order valence-corrected chi connectivity index (χ4v) is 3.95. The molecule has 8 nitrogen and oxygen atoms in total. The summed E-state index contributed by atoms with van der Waals surface area (Å²) in [5, 5.41) is 19.6. The third-order valence-corrected chi connectivity index (χ3v) is 5.67. The molecule has 29 heavy (non-hydrogen) atoms. The summed E-state index contributed by atoms with van der Waals surface area (Å²) < 4.78 is 5.49. The number of para-hydroxylation sites is 1. The molecule has 1 aromatic carbocycles. The van der Waals surface area contributed by atoms with Crippen molar-refractivity contribution in [2.45, 2.75) is 18.7 Å². The van der Waals surface area contributed by atoms with Crippen molar-refractivity contribution in [2.24, 2.45) is 0 Å². The number of likely N-dealkylation sites (N-methyl/N-ethyl adjacent to an activating group) is 1. The van der Waals surface area contributed by atoms with E-state index < -0.39 is 13.1 Å². The van der Waals surface area contributed by atoms with E-state index in [1.807, 2.05) is 0 Å². The van der Waals surface area contributed by atoms with E-state index in [2.05, 4.69) is 28.8 Å². The first-order valence-corrected chi connectivity index (χ1v) is 10.1. The minimum atomic E-state index is -1.17. The second-order valence-electron chi connectivity index (χ2n) is 8.24. The Balaban J connectivity index is 1.49. The largest absolute Gasteiger partial charge is 0.535 e. The number of Topliss-reactive ketones (excluding diaryl/α,β-unsaturated/α-hetero) is 1. The second-order valence-corrected chi connectivity index (χ2v) is 8.24. The van der Waals surface area contributed by atoms with Crippen LogP contribution in [-0.4, -0.2) is 104 Å². The number of carboxylic acids is 1. The monoisotopic (exact) mass is 403 g/mol. The van der Waals surface area contributed by atoms with Gasteiger partial charge in [-0.15, -0.1) is 0 Å². The Bertz CT molecular complexity index is 737. The molecule has 0 unspecified atom stereocenters. The highest BCUT2D eigenvalue weighted by Gasteiger charge is 2.38. The summed E-state index contributed by atoms with van der Waals surface area (Å²) >= 11 is 0. The normalized spacial score (nSPS) is 20.4. The standard InChI is InChI=1S/C20H30BN3O5/c1-22(2)6-7-23-8-10-24(11-9-23)14-17(25)13-16-12-15-4-3-5-18(20(26)27)19(15)29-21(16)28/h3-5,16,28H,6-14H2,1-2H3,(H,26,27)/t16-/m1/s1. The van der Waals surface area contributed by atoms with E-state index >= 15 is 0 Å². The first kappa shape index (κ1) is 21.8. The van der Waals surface area contributed by atoms with Gasteiger partial charge in [-0.1, -0.05) is 12.1 Å². The van der Waals surface area contributed by atoms with E-state index in [0.29, 0.717) is 13.0 Å². The van der Waals surface area contributed by atoms with Crippen molar-refractivity contribution in [1.82, 2.24) is 14.7 Å². The van der Waals surface area contributed by atoms with Gasteiger partial charge in [-0.3, -0.25) is 14.6 Å². The third kappa shape index (κ3) is 5.79. The highest BCUT2D eigenvalue weighted by molar-refractivity contribution is 6.47. The minimum Gasteiger partial charge on any atom is -0.535 e. The summed E-state index contributed by atoms with van der Waals surface area (Å²) in [4.78, 5) is 30.7. The topological polar surface area (TPSA) is 93.6 Å². The van der Waals surface area contributed by atoms with Crippen LogP contribution in [0.1, 0.15) is 22.3 Å². The number of carbonyl (C=O) groups is 2. The molecule has 1 fully saturated rings. The molecule has 158 valence electrons. The minimum absolute atomic E-state index is 0.0402. The fraction of sp³-hybridized carbons (Fsp3) is 0.600. The summed E-state index contributed by atoms with van der Waals surface area (Å²) in [5.74, 6) is -1.16. The Kier molecular flexibility index (Phi) is 7.29. The van der Waals surface area contributed by atoms with Gasteiger partial charge in [0.15, 0.2) is 0 Å². The van der Waals surface area contributed by atoms with Crippen LogP contribution >= 0.6 is 0 Å². The Morgan fingerprint density at radius 3 is 2.55 bits per heavy atom. The zero-order chi connectivity index (χ0) is 21.0. The van der Waals surface area contributed by atoms with Gasteiger partial charge in [0.1, 0.15) is 11.5 Å². The number of nitrogens with zero attached hydrogens (tertiary/aromatic N) is 3. The molecule has 2 aliphatic rings. The predicted octanol–water partition coefficient (Wildman–Crippen LogP) is 0.309. The molecule has 0 bridgehead atoms. The van der Waals surface area contributed by atoms with Crippen molar-refractivity contribution < 1.29 is 24.4 Å². The van der Waals surface area contributed by atoms with Crippen LogP contribution in [0.25, 0.3) is 0 Å². The number of carbonyl (C=O) groups excluding carboxylic acids is 1. The molecule has 0 spiro atoms. The van der Waals surface area contributed by atoms with Crippen molar-refractivity contribution >= 4 is 18.9 Å². The lowest BCUT2D eigenvalue weighted by Gasteiger charge is -2.35. The van der Waals surface area contributed by atoms with Gasteiger partial charge in [-0.05, 0) is 32.1 Å². The maximum atomic E-state index is 12.6. The Hall–Kier alpha value is -1.94. The summed E-state index contributed by atoms with van der Waals surface area (Å²) in [7, 11) is 2.97. The van der Waals surface area contributed by atoms with Crippen molar-refractivity contribution in [3.63, 3.8) is 0 Å². The second kappa shape index (κ2) is 9.71. The Morgan fingerprint density at radius 2 is 1.90 bits per heavy atom. The van der Waals surface area contributed by atoms with Crippen LogP contribution in [0.3, 0.4) is 0 Å². The average Bonchev–Trinajstić information content (AvgIpc) is 2.67. The van der Waals surface area contributed by atoms with Gasteiger partial charge in [0, 0.05) is 51.5 Å². The number of hydrogen-bond acceptors (Lipinski definition) is 7. The van der Waals surface area contributed by atoms with Crippen molar-refractivity contribution in [3.8, 4) is 5.75 Å². The van der Waals surface area contributed by atoms with Crippen molar-refractivity contribution in [2.75, 3.05) is 59.9 Å². The molecule has 2 aliphatic heterocycles. The van der Waals surface area contributed by atoms with Crippen LogP contribution in [0.2, 0.25) is 5.82 Å². The van der Waals surface area contributed by atoms with Gasteiger partial charge in [0.2, 0.25) is 0 Å². The molecule has 9 heteroatoms. The van der Waals surface area contributed by atoms with Gasteiger partial charge < -0.3 is 19.7 Å². The molecule has 0 aromatic heterocycles. The number of fused-ring (bicyclic) bond motifs is 1. The van der Waals surface area contributed by atoms with E-state index in [4.69, 9.17) is 4.65 Å². The maximum absolute atomic E-state index is 12.6. The van der Waals surface area contributed by atoms with Crippen LogP contribution < -0.4 is 4.65 Å². The van der Waals surface area contributed by atoms with Crippen LogP contribution in [0.5, 0.6) is 5.75 Å². The highest BCUT2D eigenvalue weighted by atomic mass is 16.5. The number of benzene rings is 1. The van der Waals surface area contributed by atoms with Crippen LogP contribution in [0, 0.1) is 0 Å². The zero-order valence-corrected chi connectivity index (χ0v) is 17.2. The molecule has 0 aliphatic carbocycles. The van der Waals surface area contributed by atoms with Crippen LogP contribution in [0.4, 0.5) is 0 Å².